The maximum atomic E-state index is 14.0. The Bertz CT molecular complexity index is 911. The highest BCUT2D eigenvalue weighted by atomic mass is 19.1. The molecule has 0 aliphatic heterocycles. The largest absolute Gasteiger partial charge is 0.478 e. The molecule has 6 nitrogen and oxygen atoms in total. The van der Waals surface area contributed by atoms with Gasteiger partial charge in [0.1, 0.15) is 17.0 Å². The van der Waals surface area contributed by atoms with Crippen molar-refractivity contribution in [2.24, 2.45) is 0 Å². The molecule has 7 heteroatoms. The molecule has 21 heavy (non-hydrogen) atoms. The van der Waals surface area contributed by atoms with E-state index in [1.165, 1.54) is 28.9 Å². The fraction of sp³-hybridized carbons (Fsp3) is 0. The first-order chi connectivity index (χ1) is 10.1. The number of fused-ring (bicyclic) bond motifs is 1. The van der Waals surface area contributed by atoms with Gasteiger partial charge in [-0.25, -0.2) is 13.9 Å². The molecule has 3 aromatic rings. The van der Waals surface area contributed by atoms with Gasteiger partial charge in [0, 0.05) is 0 Å². The summed E-state index contributed by atoms with van der Waals surface area (Å²) in [7, 11) is 0. The molecule has 1 N–H and O–H groups in total. The van der Waals surface area contributed by atoms with Gasteiger partial charge in [-0.15, -0.1) is 5.10 Å². The number of aromatic carboxylic acids is 1. The second-order valence-electron chi connectivity index (χ2n) is 4.26. The molecule has 0 aliphatic carbocycles. The molecule has 0 fully saturated rings. The molecule has 0 unspecified atom stereocenters. The zero-order valence-electron chi connectivity index (χ0n) is 10.5. The Balaban J connectivity index is 2.25. The summed E-state index contributed by atoms with van der Waals surface area (Å²) in [6.07, 6.45) is 0. The van der Waals surface area contributed by atoms with Crippen LogP contribution in [0, 0.1) is 17.1 Å². The van der Waals surface area contributed by atoms with E-state index in [2.05, 4.69) is 10.3 Å². The van der Waals surface area contributed by atoms with Crippen molar-refractivity contribution in [1.29, 1.82) is 5.26 Å². The van der Waals surface area contributed by atoms with Crippen molar-refractivity contribution in [2.75, 3.05) is 0 Å². The van der Waals surface area contributed by atoms with Crippen LogP contribution in [0.5, 0.6) is 0 Å². The summed E-state index contributed by atoms with van der Waals surface area (Å²) >= 11 is 0. The molecule has 102 valence electrons. The predicted octanol–water partition coefficient (Wildman–Crippen LogP) is 2.13. The van der Waals surface area contributed by atoms with Crippen LogP contribution in [-0.4, -0.2) is 26.1 Å². The minimum Gasteiger partial charge on any atom is -0.478 e. The predicted molar refractivity (Wildman–Crippen MR) is 70.5 cm³/mol. The number of hydrogen-bond donors (Lipinski definition) is 1. The fourth-order valence-electron chi connectivity index (χ4n) is 2.04. The number of aromatic nitrogens is 3. The average molecular weight is 282 g/mol. The monoisotopic (exact) mass is 282 g/mol. The van der Waals surface area contributed by atoms with E-state index in [0.29, 0.717) is 5.52 Å². The van der Waals surface area contributed by atoms with E-state index in [4.69, 9.17) is 10.4 Å². The van der Waals surface area contributed by atoms with Crippen molar-refractivity contribution in [1.82, 2.24) is 15.0 Å². The number of nitriles is 1. The number of halogens is 1. The number of carboxylic acid groups (broad SMARTS) is 1. The molecule has 1 aromatic heterocycles. The third-order valence-electron chi connectivity index (χ3n) is 3.01. The lowest BCUT2D eigenvalue weighted by Crippen LogP contribution is -2.01. The maximum Gasteiger partial charge on any atom is 0.338 e. The smallest absolute Gasteiger partial charge is 0.338 e. The number of nitrogens with zero attached hydrogens (tertiary/aromatic N) is 4. The van der Waals surface area contributed by atoms with E-state index < -0.39 is 11.8 Å². The van der Waals surface area contributed by atoms with Crippen LogP contribution in [0.1, 0.15) is 15.9 Å². The Kier molecular flexibility index (Phi) is 2.84. The quantitative estimate of drug-likeness (QED) is 0.777. The second kappa shape index (κ2) is 4.68. The summed E-state index contributed by atoms with van der Waals surface area (Å²) in [5.74, 6) is -1.77. The molecular weight excluding hydrogens is 275 g/mol. The molecule has 0 radical (unpaired) electrons. The number of carbonyl (C=O) groups is 1. The summed E-state index contributed by atoms with van der Waals surface area (Å²) in [5, 5.41) is 25.4. The lowest BCUT2D eigenvalue weighted by atomic mass is 10.1. The lowest BCUT2D eigenvalue weighted by Gasteiger charge is -2.04. The van der Waals surface area contributed by atoms with Crippen LogP contribution in [0.3, 0.4) is 0 Å². The van der Waals surface area contributed by atoms with Crippen molar-refractivity contribution >= 4 is 17.0 Å². The summed E-state index contributed by atoms with van der Waals surface area (Å²) < 4.78 is 15.2. The van der Waals surface area contributed by atoms with Gasteiger partial charge in [-0.1, -0.05) is 11.3 Å². The van der Waals surface area contributed by atoms with Gasteiger partial charge in [-0.2, -0.15) is 5.26 Å². The van der Waals surface area contributed by atoms with Gasteiger partial charge in [0.25, 0.3) is 0 Å². The molecule has 3 rings (SSSR count). The first-order valence-electron chi connectivity index (χ1n) is 5.89. The van der Waals surface area contributed by atoms with Crippen LogP contribution in [0.25, 0.3) is 16.7 Å². The first kappa shape index (κ1) is 12.7. The zero-order valence-corrected chi connectivity index (χ0v) is 10.5. The third-order valence-corrected chi connectivity index (χ3v) is 3.01. The van der Waals surface area contributed by atoms with Crippen molar-refractivity contribution in [3.8, 4) is 11.8 Å². The highest BCUT2D eigenvalue weighted by Crippen LogP contribution is 2.22. The lowest BCUT2D eigenvalue weighted by molar-refractivity contribution is 0.0699. The molecular formula is C14H7FN4O2. The minimum absolute atomic E-state index is 0.00666. The Morgan fingerprint density at radius 2 is 2.14 bits per heavy atom. The molecule has 0 bridgehead atoms. The van der Waals surface area contributed by atoms with E-state index in [1.54, 1.807) is 6.07 Å². The van der Waals surface area contributed by atoms with E-state index in [1.807, 2.05) is 6.07 Å². The standard InChI is InChI=1S/C14H7FN4O2/c15-10-6-8(7-16)4-5-11(10)19-12-3-1-2-9(14(20)21)13(12)17-18-19/h1-6H,(H,20,21). The van der Waals surface area contributed by atoms with E-state index in [-0.39, 0.29) is 22.3 Å². The van der Waals surface area contributed by atoms with Gasteiger partial charge in [0.15, 0.2) is 0 Å². The minimum atomic E-state index is -1.13. The van der Waals surface area contributed by atoms with E-state index >= 15 is 0 Å². The number of hydrogen-bond acceptors (Lipinski definition) is 4. The number of rotatable bonds is 2. The van der Waals surface area contributed by atoms with Gasteiger partial charge < -0.3 is 5.11 Å². The number of benzene rings is 2. The van der Waals surface area contributed by atoms with Crippen molar-refractivity contribution < 1.29 is 14.3 Å². The van der Waals surface area contributed by atoms with Crippen molar-refractivity contribution in [2.45, 2.75) is 0 Å². The van der Waals surface area contributed by atoms with Crippen LogP contribution in [-0.2, 0) is 0 Å². The summed E-state index contributed by atoms with van der Waals surface area (Å²) in [6.45, 7) is 0. The molecule has 0 spiro atoms. The Hall–Kier alpha value is -3.27. The van der Waals surface area contributed by atoms with E-state index in [0.717, 1.165) is 6.07 Å². The Labute approximate surface area is 117 Å². The maximum absolute atomic E-state index is 14.0. The van der Waals surface area contributed by atoms with Gasteiger partial charge in [-0.05, 0) is 30.3 Å². The molecule has 0 aliphatic rings. The van der Waals surface area contributed by atoms with Gasteiger partial charge >= 0.3 is 5.97 Å². The van der Waals surface area contributed by atoms with Gasteiger partial charge in [-0.3, -0.25) is 0 Å². The molecule has 0 saturated carbocycles. The normalized spacial score (nSPS) is 10.5. The molecule has 2 aromatic carbocycles. The van der Waals surface area contributed by atoms with Crippen LogP contribution in [0.2, 0.25) is 0 Å². The van der Waals surface area contributed by atoms with Gasteiger partial charge in [0.2, 0.25) is 0 Å². The highest BCUT2D eigenvalue weighted by Gasteiger charge is 2.16. The SMILES string of the molecule is N#Cc1ccc(-n2nnc3c(C(=O)O)cccc32)c(F)c1. The summed E-state index contributed by atoms with van der Waals surface area (Å²) in [5.41, 5.74) is 0.825. The number of carboxylic acids is 1. The molecule has 0 atom stereocenters. The van der Waals surface area contributed by atoms with Crippen LogP contribution in [0.15, 0.2) is 36.4 Å². The van der Waals surface area contributed by atoms with Crippen LogP contribution in [0.4, 0.5) is 4.39 Å². The topological polar surface area (TPSA) is 91.8 Å². The zero-order chi connectivity index (χ0) is 15.0. The van der Waals surface area contributed by atoms with Crippen LogP contribution >= 0.6 is 0 Å². The summed E-state index contributed by atoms with van der Waals surface area (Å²) in [4.78, 5) is 11.1. The Morgan fingerprint density at radius 1 is 1.33 bits per heavy atom. The fourth-order valence-corrected chi connectivity index (χ4v) is 2.04. The van der Waals surface area contributed by atoms with Gasteiger partial charge in [0.05, 0.1) is 22.7 Å². The van der Waals surface area contributed by atoms with E-state index in [9.17, 15) is 9.18 Å². The second-order valence-corrected chi connectivity index (χ2v) is 4.26. The highest BCUT2D eigenvalue weighted by molar-refractivity contribution is 6.00. The molecule has 0 amide bonds. The van der Waals surface area contributed by atoms with Crippen LogP contribution < -0.4 is 0 Å². The van der Waals surface area contributed by atoms with Crippen molar-refractivity contribution in [3.63, 3.8) is 0 Å². The van der Waals surface area contributed by atoms with Crippen molar-refractivity contribution in [3.05, 3.63) is 53.3 Å². The molecule has 1 heterocycles. The summed E-state index contributed by atoms with van der Waals surface area (Å²) in [6, 6.07) is 10.3. The first-order valence-corrected chi connectivity index (χ1v) is 5.89. The Morgan fingerprint density at radius 3 is 2.81 bits per heavy atom. The average Bonchev–Trinajstić information content (AvgIpc) is 2.90. The third kappa shape index (κ3) is 1.99. The molecule has 0 saturated heterocycles.